The molecule has 3 heteroatoms. The Hall–Kier alpha value is -1.35. The fourth-order valence-electron chi connectivity index (χ4n) is 1.43. The minimum atomic E-state index is 0.535. The number of rotatable bonds is 3. The molecule has 0 atom stereocenters. The molecule has 1 aromatic rings. The van der Waals surface area contributed by atoms with E-state index in [-0.39, 0.29) is 0 Å². The topological polar surface area (TPSA) is 35.8 Å². The summed E-state index contributed by atoms with van der Waals surface area (Å²) in [5, 5.41) is 10.9. The summed E-state index contributed by atoms with van der Waals surface area (Å²) < 4.78 is 0. The summed E-state index contributed by atoms with van der Waals surface area (Å²) in [5.41, 5.74) is 2.11. The van der Waals surface area contributed by atoms with Crippen LogP contribution < -0.4 is 0 Å². The first-order chi connectivity index (χ1) is 7.20. The fourth-order valence-corrected chi connectivity index (χ4v) is 1.43. The van der Waals surface area contributed by atoms with Crippen LogP contribution in [0.1, 0.15) is 25.0 Å². The normalized spacial score (nSPS) is 11.6. The van der Waals surface area contributed by atoms with E-state index >= 15 is 0 Å². The Balaban J connectivity index is 3.11. The number of aliphatic imine (C=N–C) groups is 1. The van der Waals surface area contributed by atoms with Crippen molar-refractivity contribution in [1.82, 2.24) is 5.06 Å². The first-order valence-corrected chi connectivity index (χ1v) is 5.27. The van der Waals surface area contributed by atoms with Crippen molar-refractivity contribution in [1.29, 1.82) is 0 Å². The lowest BCUT2D eigenvalue weighted by Crippen LogP contribution is -2.28. The molecule has 0 amide bonds. The number of aryl methyl sites for hydroxylation is 1. The van der Waals surface area contributed by atoms with Gasteiger partial charge in [0.15, 0.2) is 5.84 Å². The highest BCUT2D eigenvalue weighted by Gasteiger charge is 2.10. The molecule has 0 fully saturated rings. The third kappa shape index (κ3) is 2.80. The maximum atomic E-state index is 9.73. The Morgan fingerprint density at radius 3 is 2.53 bits per heavy atom. The average molecular weight is 206 g/mol. The largest absolute Gasteiger partial charge is 0.287 e. The third-order valence-corrected chi connectivity index (χ3v) is 2.24. The number of benzene rings is 1. The van der Waals surface area contributed by atoms with Crippen molar-refractivity contribution in [2.75, 3.05) is 13.1 Å². The van der Waals surface area contributed by atoms with E-state index in [1.807, 2.05) is 45.0 Å². The van der Waals surface area contributed by atoms with Crippen LogP contribution in [0.4, 0.5) is 0 Å². The summed E-state index contributed by atoms with van der Waals surface area (Å²) in [4.78, 5) is 4.32. The molecule has 0 aliphatic rings. The second-order valence-electron chi connectivity index (χ2n) is 3.33. The molecule has 0 heterocycles. The van der Waals surface area contributed by atoms with E-state index in [0.29, 0.717) is 18.9 Å². The molecule has 3 nitrogen and oxygen atoms in total. The highest BCUT2D eigenvalue weighted by Crippen LogP contribution is 2.10. The van der Waals surface area contributed by atoms with Gasteiger partial charge < -0.3 is 0 Å². The zero-order chi connectivity index (χ0) is 11.3. The van der Waals surface area contributed by atoms with Crippen molar-refractivity contribution in [3.63, 3.8) is 0 Å². The van der Waals surface area contributed by atoms with Crippen LogP contribution in [0.25, 0.3) is 0 Å². The van der Waals surface area contributed by atoms with Gasteiger partial charge in [-0.3, -0.25) is 10.2 Å². The summed E-state index contributed by atoms with van der Waals surface area (Å²) in [5.74, 6) is 0.651. The van der Waals surface area contributed by atoms with E-state index in [9.17, 15) is 5.21 Å². The van der Waals surface area contributed by atoms with Gasteiger partial charge in [0.1, 0.15) is 0 Å². The van der Waals surface area contributed by atoms with Crippen LogP contribution in [-0.2, 0) is 0 Å². The van der Waals surface area contributed by atoms with E-state index in [4.69, 9.17) is 0 Å². The highest BCUT2D eigenvalue weighted by atomic mass is 16.5. The maximum Gasteiger partial charge on any atom is 0.155 e. The lowest BCUT2D eigenvalue weighted by atomic mass is 10.1. The van der Waals surface area contributed by atoms with Gasteiger partial charge in [-0.05, 0) is 26.3 Å². The molecular weight excluding hydrogens is 188 g/mol. The van der Waals surface area contributed by atoms with Gasteiger partial charge in [0.25, 0.3) is 0 Å². The van der Waals surface area contributed by atoms with Crippen molar-refractivity contribution in [2.24, 2.45) is 4.99 Å². The molecule has 0 unspecified atom stereocenters. The molecule has 0 aliphatic heterocycles. The van der Waals surface area contributed by atoms with E-state index in [1.54, 1.807) is 0 Å². The smallest absolute Gasteiger partial charge is 0.155 e. The van der Waals surface area contributed by atoms with Crippen molar-refractivity contribution in [3.8, 4) is 0 Å². The molecule has 1 N–H and O–H groups in total. The lowest BCUT2D eigenvalue weighted by Gasteiger charge is -2.18. The molecule has 0 aliphatic carbocycles. The van der Waals surface area contributed by atoms with E-state index in [1.165, 1.54) is 5.06 Å². The molecule has 1 rings (SSSR count). The van der Waals surface area contributed by atoms with Crippen LogP contribution in [0.5, 0.6) is 0 Å². The number of hydroxylamine groups is 2. The van der Waals surface area contributed by atoms with Gasteiger partial charge in [-0.2, -0.15) is 0 Å². The van der Waals surface area contributed by atoms with Crippen LogP contribution in [0.15, 0.2) is 29.3 Å². The van der Waals surface area contributed by atoms with Gasteiger partial charge in [-0.15, -0.1) is 0 Å². The first kappa shape index (κ1) is 11.7. The Kier molecular flexibility index (Phi) is 4.31. The molecule has 82 valence electrons. The zero-order valence-electron chi connectivity index (χ0n) is 9.57. The Morgan fingerprint density at radius 1 is 1.33 bits per heavy atom. The van der Waals surface area contributed by atoms with Crippen molar-refractivity contribution >= 4 is 5.84 Å². The summed E-state index contributed by atoms with van der Waals surface area (Å²) >= 11 is 0. The Labute approximate surface area is 91.0 Å². The molecule has 0 aromatic heterocycles. The van der Waals surface area contributed by atoms with Gasteiger partial charge >= 0.3 is 0 Å². The predicted molar refractivity (Wildman–Crippen MR) is 62.4 cm³/mol. The summed E-state index contributed by atoms with van der Waals surface area (Å²) in [6, 6.07) is 7.93. The minimum absolute atomic E-state index is 0.535. The molecular formula is C12H18N2O. The van der Waals surface area contributed by atoms with Gasteiger partial charge in [-0.25, -0.2) is 5.06 Å². The van der Waals surface area contributed by atoms with Crippen LogP contribution in [-0.4, -0.2) is 29.2 Å². The molecule has 0 spiro atoms. The average Bonchev–Trinajstić information content (AvgIpc) is 2.26. The Morgan fingerprint density at radius 2 is 2.00 bits per heavy atom. The molecule has 0 bridgehead atoms. The van der Waals surface area contributed by atoms with Gasteiger partial charge in [0, 0.05) is 18.7 Å². The molecule has 1 aromatic carbocycles. The van der Waals surface area contributed by atoms with Crippen LogP contribution in [0, 0.1) is 6.92 Å². The number of hydrogen-bond acceptors (Lipinski definition) is 2. The summed E-state index contributed by atoms with van der Waals surface area (Å²) in [6.07, 6.45) is 0. The molecule has 0 saturated heterocycles. The first-order valence-electron chi connectivity index (χ1n) is 5.27. The fraction of sp³-hybridized carbons (Fsp3) is 0.417. The van der Waals surface area contributed by atoms with Gasteiger partial charge in [0.2, 0.25) is 0 Å². The highest BCUT2D eigenvalue weighted by molar-refractivity contribution is 5.99. The van der Waals surface area contributed by atoms with Crippen molar-refractivity contribution in [2.45, 2.75) is 20.8 Å². The summed E-state index contributed by atoms with van der Waals surface area (Å²) in [6.45, 7) is 7.07. The second kappa shape index (κ2) is 5.51. The van der Waals surface area contributed by atoms with Gasteiger partial charge in [0.05, 0.1) is 0 Å². The van der Waals surface area contributed by atoms with Crippen LogP contribution >= 0.6 is 0 Å². The van der Waals surface area contributed by atoms with E-state index in [0.717, 1.165) is 11.1 Å². The molecule has 0 saturated carbocycles. The maximum absolute atomic E-state index is 9.73. The van der Waals surface area contributed by atoms with Crippen LogP contribution in [0.3, 0.4) is 0 Å². The number of amidine groups is 1. The molecule has 0 radical (unpaired) electrons. The van der Waals surface area contributed by atoms with Crippen LogP contribution in [0.2, 0.25) is 0 Å². The molecule has 15 heavy (non-hydrogen) atoms. The Bertz CT molecular complexity index is 347. The quantitative estimate of drug-likeness (QED) is 0.468. The monoisotopic (exact) mass is 206 g/mol. The SMILES string of the molecule is CCN=C(c1ccccc1C)N(O)CC. The number of hydrogen-bond donors (Lipinski definition) is 1. The zero-order valence-corrected chi connectivity index (χ0v) is 9.57. The predicted octanol–water partition coefficient (Wildman–Crippen LogP) is 2.47. The summed E-state index contributed by atoms with van der Waals surface area (Å²) in [7, 11) is 0. The third-order valence-electron chi connectivity index (χ3n) is 2.24. The minimum Gasteiger partial charge on any atom is -0.287 e. The second-order valence-corrected chi connectivity index (χ2v) is 3.33. The van der Waals surface area contributed by atoms with Crippen molar-refractivity contribution in [3.05, 3.63) is 35.4 Å². The number of nitrogens with zero attached hydrogens (tertiary/aromatic N) is 2. The van der Waals surface area contributed by atoms with E-state index < -0.39 is 0 Å². The lowest BCUT2D eigenvalue weighted by molar-refractivity contribution is -0.00877. The van der Waals surface area contributed by atoms with E-state index in [2.05, 4.69) is 4.99 Å². The van der Waals surface area contributed by atoms with Crippen molar-refractivity contribution < 1.29 is 5.21 Å². The standard InChI is InChI=1S/C12H18N2O/c1-4-13-12(14(15)5-2)11-9-7-6-8-10(11)3/h6-9,15H,4-5H2,1-3H3. The van der Waals surface area contributed by atoms with Gasteiger partial charge in [-0.1, -0.05) is 24.3 Å².